The normalized spacial score (nSPS) is 12.4. The summed E-state index contributed by atoms with van der Waals surface area (Å²) in [7, 11) is 3.32. The van der Waals surface area contributed by atoms with E-state index in [1.54, 1.807) is 49.3 Å². The zero-order chi connectivity index (χ0) is 19.3. The summed E-state index contributed by atoms with van der Waals surface area (Å²) < 4.78 is 38.8. The molecule has 0 aliphatic rings. The average molecular weight is 367 g/mol. The molecule has 0 unspecified atom stereocenters. The van der Waals surface area contributed by atoms with E-state index in [4.69, 9.17) is 0 Å². The van der Waals surface area contributed by atoms with E-state index in [2.05, 4.69) is 10.6 Å². The molecule has 3 N–H and O–H groups in total. The Morgan fingerprint density at radius 1 is 1.15 bits per heavy atom. The van der Waals surface area contributed by atoms with Gasteiger partial charge in [0, 0.05) is 14.1 Å². The van der Waals surface area contributed by atoms with Gasteiger partial charge in [0.15, 0.2) is 0 Å². The Labute approximate surface area is 149 Å². The van der Waals surface area contributed by atoms with Gasteiger partial charge in [-0.25, -0.2) is 4.79 Å². The minimum absolute atomic E-state index is 0.0204. The van der Waals surface area contributed by atoms with Crippen molar-refractivity contribution in [2.75, 3.05) is 30.9 Å². The zero-order valence-corrected chi connectivity index (χ0v) is 14.3. The van der Waals surface area contributed by atoms with E-state index in [9.17, 15) is 23.1 Å². The van der Waals surface area contributed by atoms with Crippen molar-refractivity contribution < 1.29 is 23.1 Å². The zero-order valence-electron chi connectivity index (χ0n) is 14.3. The van der Waals surface area contributed by atoms with E-state index >= 15 is 0 Å². The predicted octanol–water partition coefficient (Wildman–Crippen LogP) is 3.63. The van der Waals surface area contributed by atoms with Gasteiger partial charge in [0.25, 0.3) is 0 Å². The highest BCUT2D eigenvalue weighted by Gasteiger charge is 2.31. The van der Waals surface area contributed by atoms with Gasteiger partial charge in [-0.1, -0.05) is 30.3 Å². The number of hydrogen-bond donors (Lipinski definition) is 3. The van der Waals surface area contributed by atoms with Gasteiger partial charge in [0.2, 0.25) is 0 Å². The van der Waals surface area contributed by atoms with E-state index in [0.717, 1.165) is 12.1 Å². The molecule has 5 nitrogen and oxygen atoms in total. The molecule has 0 fully saturated rings. The van der Waals surface area contributed by atoms with Crippen LogP contribution in [0.2, 0.25) is 0 Å². The summed E-state index contributed by atoms with van der Waals surface area (Å²) in [5, 5.41) is 14.5. The SMILES string of the molecule is CN(C)c1ccc(C(F)(F)F)cc1NC(=O)N[C@H](CO)c1ccccc1. The van der Waals surface area contributed by atoms with Gasteiger partial charge < -0.3 is 20.6 Å². The Balaban J connectivity index is 2.21. The van der Waals surface area contributed by atoms with Crippen LogP contribution in [0, 0.1) is 0 Å². The highest BCUT2D eigenvalue weighted by molar-refractivity contribution is 5.93. The number of aliphatic hydroxyl groups excluding tert-OH is 1. The maximum absolute atomic E-state index is 12.9. The molecule has 1 atom stereocenters. The van der Waals surface area contributed by atoms with Crippen molar-refractivity contribution in [2.45, 2.75) is 12.2 Å². The highest BCUT2D eigenvalue weighted by Crippen LogP contribution is 2.34. The number of alkyl halides is 3. The highest BCUT2D eigenvalue weighted by atomic mass is 19.4. The van der Waals surface area contributed by atoms with Gasteiger partial charge in [-0.05, 0) is 23.8 Å². The standard InChI is InChI=1S/C18H20F3N3O2/c1-24(2)16-9-8-13(18(19,20)21)10-14(16)22-17(26)23-15(11-25)12-6-4-3-5-7-12/h3-10,15,25H,11H2,1-2H3,(H2,22,23,26)/t15-/m1/s1. The minimum atomic E-state index is -4.52. The fourth-order valence-electron chi connectivity index (χ4n) is 2.44. The largest absolute Gasteiger partial charge is 0.416 e. The summed E-state index contributed by atoms with van der Waals surface area (Å²) in [6.45, 7) is -0.347. The lowest BCUT2D eigenvalue weighted by Gasteiger charge is -2.21. The van der Waals surface area contributed by atoms with Gasteiger partial charge in [-0.15, -0.1) is 0 Å². The second-order valence-electron chi connectivity index (χ2n) is 5.87. The van der Waals surface area contributed by atoms with Gasteiger partial charge >= 0.3 is 12.2 Å². The van der Waals surface area contributed by atoms with Crippen LogP contribution in [0.1, 0.15) is 17.2 Å². The van der Waals surface area contributed by atoms with Crippen molar-refractivity contribution >= 4 is 17.4 Å². The van der Waals surface area contributed by atoms with Crippen LogP contribution in [0.4, 0.5) is 29.3 Å². The summed E-state index contributed by atoms with van der Waals surface area (Å²) in [5.41, 5.74) is 0.266. The van der Waals surface area contributed by atoms with E-state index in [1.807, 2.05) is 0 Å². The van der Waals surface area contributed by atoms with Crippen molar-refractivity contribution in [1.29, 1.82) is 0 Å². The summed E-state index contributed by atoms with van der Waals surface area (Å²) in [5.74, 6) is 0. The number of hydrogen-bond acceptors (Lipinski definition) is 3. The number of aliphatic hydroxyl groups is 1. The summed E-state index contributed by atoms with van der Waals surface area (Å²) >= 11 is 0. The number of urea groups is 1. The minimum Gasteiger partial charge on any atom is -0.394 e. The molecular formula is C18H20F3N3O2. The van der Waals surface area contributed by atoms with Crippen LogP contribution in [0.5, 0.6) is 0 Å². The number of carbonyl (C=O) groups is 1. The van der Waals surface area contributed by atoms with Crippen LogP contribution < -0.4 is 15.5 Å². The third-order valence-corrected chi connectivity index (χ3v) is 3.74. The van der Waals surface area contributed by atoms with Crippen molar-refractivity contribution in [3.63, 3.8) is 0 Å². The second kappa shape index (κ2) is 8.09. The molecule has 0 saturated carbocycles. The number of benzene rings is 2. The number of amides is 2. The first kappa shape index (κ1) is 19.6. The average Bonchev–Trinajstić information content (AvgIpc) is 2.59. The number of carbonyl (C=O) groups excluding carboxylic acids is 1. The predicted molar refractivity (Wildman–Crippen MR) is 94.2 cm³/mol. The molecule has 0 radical (unpaired) electrons. The Bertz CT molecular complexity index is 749. The molecule has 0 saturated heterocycles. The van der Waals surface area contributed by atoms with Crippen molar-refractivity contribution in [3.8, 4) is 0 Å². The third-order valence-electron chi connectivity index (χ3n) is 3.74. The van der Waals surface area contributed by atoms with Gasteiger partial charge in [0.1, 0.15) is 0 Å². The smallest absolute Gasteiger partial charge is 0.394 e. The number of halogens is 3. The van der Waals surface area contributed by atoms with E-state index < -0.39 is 23.8 Å². The molecular weight excluding hydrogens is 347 g/mol. The molecule has 2 aromatic rings. The maximum atomic E-state index is 12.9. The molecule has 26 heavy (non-hydrogen) atoms. The van der Waals surface area contributed by atoms with Crippen LogP contribution in [0.15, 0.2) is 48.5 Å². The molecule has 2 rings (SSSR count). The lowest BCUT2D eigenvalue weighted by Crippen LogP contribution is -2.34. The van der Waals surface area contributed by atoms with Gasteiger partial charge in [-0.3, -0.25) is 0 Å². The Morgan fingerprint density at radius 3 is 2.35 bits per heavy atom. The second-order valence-corrected chi connectivity index (χ2v) is 5.87. The molecule has 8 heteroatoms. The molecule has 0 aliphatic heterocycles. The van der Waals surface area contributed by atoms with Gasteiger partial charge in [-0.2, -0.15) is 13.2 Å². The number of anilines is 2. The van der Waals surface area contributed by atoms with E-state index in [0.29, 0.717) is 11.3 Å². The Hall–Kier alpha value is -2.74. The fraction of sp³-hybridized carbons (Fsp3) is 0.278. The first-order valence-corrected chi connectivity index (χ1v) is 7.84. The molecule has 0 aromatic heterocycles. The number of rotatable bonds is 5. The number of nitrogens with one attached hydrogen (secondary N) is 2. The van der Waals surface area contributed by atoms with Crippen LogP contribution in [-0.2, 0) is 6.18 Å². The third kappa shape index (κ3) is 4.89. The van der Waals surface area contributed by atoms with E-state index in [-0.39, 0.29) is 12.3 Å². The molecule has 0 aliphatic carbocycles. The van der Waals surface area contributed by atoms with Crippen LogP contribution in [0.3, 0.4) is 0 Å². The van der Waals surface area contributed by atoms with Crippen LogP contribution in [0.25, 0.3) is 0 Å². The van der Waals surface area contributed by atoms with Crippen LogP contribution in [-0.4, -0.2) is 31.8 Å². The molecule has 2 aromatic carbocycles. The Morgan fingerprint density at radius 2 is 1.81 bits per heavy atom. The molecule has 2 amide bonds. The first-order chi connectivity index (χ1) is 12.2. The molecule has 0 spiro atoms. The maximum Gasteiger partial charge on any atom is 0.416 e. The van der Waals surface area contributed by atoms with Crippen molar-refractivity contribution in [1.82, 2.24) is 5.32 Å². The fourth-order valence-corrected chi connectivity index (χ4v) is 2.44. The van der Waals surface area contributed by atoms with Crippen molar-refractivity contribution in [2.24, 2.45) is 0 Å². The summed E-state index contributed by atoms with van der Waals surface area (Å²) in [4.78, 5) is 13.9. The van der Waals surface area contributed by atoms with Crippen LogP contribution >= 0.6 is 0 Å². The van der Waals surface area contributed by atoms with Gasteiger partial charge in [0.05, 0.1) is 29.6 Å². The van der Waals surface area contributed by atoms with E-state index in [1.165, 1.54) is 6.07 Å². The molecule has 140 valence electrons. The summed E-state index contributed by atoms with van der Waals surface area (Å²) in [6.07, 6.45) is -4.52. The first-order valence-electron chi connectivity index (χ1n) is 7.84. The molecule has 0 heterocycles. The lowest BCUT2D eigenvalue weighted by molar-refractivity contribution is -0.137. The lowest BCUT2D eigenvalue weighted by atomic mass is 10.1. The quantitative estimate of drug-likeness (QED) is 0.756. The van der Waals surface area contributed by atoms with Crippen molar-refractivity contribution in [3.05, 3.63) is 59.7 Å². The molecule has 0 bridgehead atoms. The monoisotopic (exact) mass is 367 g/mol. The topological polar surface area (TPSA) is 64.6 Å². The number of nitrogens with zero attached hydrogens (tertiary/aromatic N) is 1. The Kier molecular flexibility index (Phi) is 6.10. The summed E-state index contributed by atoms with van der Waals surface area (Å²) in [6, 6.07) is 10.5.